The Labute approximate surface area is 167 Å². The van der Waals surface area contributed by atoms with Crippen molar-refractivity contribution in [3.63, 3.8) is 0 Å². The van der Waals surface area contributed by atoms with Gasteiger partial charge in [0.1, 0.15) is 23.3 Å². The number of carbonyl (C=O) groups is 1. The first-order valence-electron chi connectivity index (χ1n) is 8.63. The molecule has 1 aromatic heterocycles. The van der Waals surface area contributed by atoms with Crippen LogP contribution in [0.4, 0.5) is 0 Å². The fourth-order valence-electron chi connectivity index (χ4n) is 2.32. The molecule has 1 aliphatic rings. The van der Waals surface area contributed by atoms with Gasteiger partial charge in [-0.1, -0.05) is 0 Å². The molecule has 1 aliphatic heterocycles. The Balaban J connectivity index is 2.14. The number of aromatic nitrogens is 2. The highest BCUT2D eigenvalue weighted by molar-refractivity contribution is 5.99. The number of aliphatic hydroxyl groups excluding tert-OH is 1. The highest BCUT2D eigenvalue weighted by Crippen LogP contribution is 2.01. The first kappa shape index (κ1) is 21.2. The number of nitrogens with one attached hydrogen (secondary N) is 5. The zero-order valence-corrected chi connectivity index (χ0v) is 16.4. The second kappa shape index (κ2) is 9.74. The first-order chi connectivity index (χ1) is 13.9. The third-order valence-electron chi connectivity index (χ3n) is 3.82. The van der Waals surface area contributed by atoms with Crippen molar-refractivity contribution in [2.45, 2.75) is 6.92 Å². The summed E-state index contributed by atoms with van der Waals surface area (Å²) < 4.78 is 1.57. The number of hydrogen-bond donors (Lipinski definition) is 6. The predicted octanol–water partition coefficient (Wildman–Crippen LogP) is -0.404. The van der Waals surface area contributed by atoms with E-state index in [-0.39, 0.29) is 11.5 Å². The van der Waals surface area contributed by atoms with Gasteiger partial charge in [0.25, 0.3) is 0 Å². The smallest absolute Gasteiger partial charge is 0.175 e. The van der Waals surface area contributed by atoms with E-state index in [0.717, 1.165) is 6.26 Å². The highest BCUT2D eigenvalue weighted by atomic mass is 16.2. The normalized spacial score (nSPS) is 14.4. The zero-order chi connectivity index (χ0) is 21.4. The number of fused-ring (bicyclic) bond motifs is 1. The average molecular weight is 396 g/mol. The number of aliphatic hydroxyl groups is 1. The highest BCUT2D eigenvalue weighted by Gasteiger charge is 2.12. The summed E-state index contributed by atoms with van der Waals surface area (Å²) >= 11 is 0. The van der Waals surface area contributed by atoms with E-state index >= 15 is 0 Å². The topological polar surface area (TPSA) is 142 Å². The maximum absolute atomic E-state index is 11.4. The summed E-state index contributed by atoms with van der Waals surface area (Å²) in [7, 11) is 3.44. The van der Waals surface area contributed by atoms with Crippen LogP contribution in [0.1, 0.15) is 6.92 Å². The Bertz CT molecular complexity index is 1040. The molecule has 0 saturated heterocycles. The summed E-state index contributed by atoms with van der Waals surface area (Å²) in [4.78, 5) is 17.2. The third-order valence-corrected chi connectivity index (χ3v) is 3.82. The Morgan fingerprint density at radius 2 is 2.14 bits per heavy atom. The van der Waals surface area contributed by atoms with Gasteiger partial charge < -0.3 is 26.0 Å². The van der Waals surface area contributed by atoms with Gasteiger partial charge >= 0.3 is 0 Å². The molecule has 2 rings (SSSR count). The van der Waals surface area contributed by atoms with Gasteiger partial charge in [-0.15, -0.1) is 0 Å². The van der Waals surface area contributed by atoms with Gasteiger partial charge in [0, 0.05) is 32.1 Å². The molecule has 0 atom stereocenters. The molecule has 1 aromatic rings. The van der Waals surface area contributed by atoms with Crippen molar-refractivity contribution >= 4 is 29.8 Å². The number of hydrogen-bond acceptors (Lipinski definition) is 8. The molecule has 10 nitrogen and oxygen atoms in total. The number of rotatable bonds is 8. The summed E-state index contributed by atoms with van der Waals surface area (Å²) in [6.45, 7) is 1.63. The number of likely N-dealkylation sites (N-methyl/N-ethyl adjacent to an activating group) is 2. The van der Waals surface area contributed by atoms with Gasteiger partial charge in [-0.05, 0) is 31.2 Å². The van der Waals surface area contributed by atoms with Gasteiger partial charge in [0.15, 0.2) is 11.8 Å². The van der Waals surface area contributed by atoms with Crippen molar-refractivity contribution in [3.05, 3.63) is 65.1 Å². The fourth-order valence-corrected chi connectivity index (χ4v) is 2.32. The molecule has 2 heterocycles. The van der Waals surface area contributed by atoms with Crippen LogP contribution in [0.15, 0.2) is 54.3 Å². The molecule has 0 bridgehead atoms. The maximum Gasteiger partial charge on any atom is 0.175 e. The molecular weight excluding hydrogens is 372 g/mol. The van der Waals surface area contributed by atoms with Crippen LogP contribution in [0.2, 0.25) is 0 Å². The van der Waals surface area contributed by atoms with E-state index in [0.29, 0.717) is 34.3 Å². The van der Waals surface area contributed by atoms with Crippen LogP contribution in [0, 0.1) is 10.8 Å². The van der Waals surface area contributed by atoms with Gasteiger partial charge in [-0.2, -0.15) is 0 Å². The molecule has 0 aliphatic carbocycles. The summed E-state index contributed by atoms with van der Waals surface area (Å²) in [5.41, 5.74) is 4.94. The Hall–Kier alpha value is -4.08. The SMILES string of the molecule is CNC1=c2ncc(=CO)n2NC(N/C(C=O)=C/C=C\N(C)C(=N)C=CC(C)=N)=C1. The number of imidazole rings is 1. The van der Waals surface area contributed by atoms with Crippen LogP contribution in [-0.4, -0.2) is 51.6 Å². The van der Waals surface area contributed by atoms with E-state index in [1.807, 2.05) is 0 Å². The minimum Gasteiger partial charge on any atom is -0.513 e. The van der Waals surface area contributed by atoms with Crippen molar-refractivity contribution in [1.29, 1.82) is 10.8 Å². The molecule has 0 unspecified atom stereocenters. The van der Waals surface area contributed by atoms with E-state index in [4.69, 9.17) is 10.8 Å². The second-order valence-corrected chi connectivity index (χ2v) is 6.02. The van der Waals surface area contributed by atoms with Crippen molar-refractivity contribution in [3.8, 4) is 0 Å². The molecule has 29 heavy (non-hydrogen) atoms. The standard InChI is InChI=1S/C19H24N8O2/c1-13(20)6-7-17(21)26(3)8-4-5-14(11-28)24-18-9-16(22-2)19-23-10-15(12-29)27(19)25-18/h4-12,20-22,24-25,29H,1-3H3/b7-6?,8-4-,14-5+,15-12?,20-13?,21-17?. The number of nitrogens with zero attached hydrogens (tertiary/aromatic N) is 3. The number of aldehydes is 1. The summed E-state index contributed by atoms with van der Waals surface area (Å²) in [6, 6.07) is 0. The average Bonchev–Trinajstić information content (AvgIpc) is 3.13. The number of amidine groups is 1. The Morgan fingerprint density at radius 1 is 1.38 bits per heavy atom. The van der Waals surface area contributed by atoms with Gasteiger partial charge in [0.05, 0.1) is 17.6 Å². The maximum atomic E-state index is 11.4. The lowest BCUT2D eigenvalue weighted by Gasteiger charge is -2.19. The lowest BCUT2D eigenvalue weighted by atomic mass is 10.3. The van der Waals surface area contributed by atoms with Gasteiger partial charge in [-0.3, -0.25) is 15.6 Å². The van der Waals surface area contributed by atoms with Crippen LogP contribution >= 0.6 is 0 Å². The van der Waals surface area contributed by atoms with E-state index in [9.17, 15) is 9.90 Å². The Morgan fingerprint density at radius 3 is 2.76 bits per heavy atom. The largest absolute Gasteiger partial charge is 0.513 e. The molecule has 0 saturated carbocycles. The number of carbonyl (C=O) groups excluding carboxylic acids is 1. The van der Waals surface area contributed by atoms with E-state index < -0.39 is 0 Å². The van der Waals surface area contributed by atoms with Crippen LogP contribution < -0.4 is 26.9 Å². The van der Waals surface area contributed by atoms with Crippen molar-refractivity contribution in [2.24, 2.45) is 0 Å². The van der Waals surface area contributed by atoms with E-state index in [1.54, 1.807) is 55.0 Å². The lowest BCUT2D eigenvalue weighted by molar-refractivity contribution is -0.105. The third kappa shape index (κ3) is 5.45. The zero-order valence-electron chi connectivity index (χ0n) is 16.4. The first-order valence-corrected chi connectivity index (χ1v) is 8.63. The summed E-state index contributed by atoms with van der Waals surface area (Å²) in [5, 5.41) is 31.0. The summed E-state index contributed by atoms with van der Waals surface area (Å²) in [5.74, 6) is 0.701. The van der Waals surface area contributed by atoms with Crippen LogP contribution in [-0.2, 0) is 4.79 Å². The van der Waals surface area contributed by atoms with Crippen LogP contribution in [0.25, 0.3) is 12.0 Å². The molecule has 0 fully saturated rings. The molecule has 0 aromatic carbocycles. The Kier molecular flexibility index (Phi) is 7.13. The minimum atomic E-state index is 0.201. The van der Waals surface area contributed by atoms with Gasteiger partial charge in [-0.25, -0.2) is 9.66 Å². The minimum absolute atomic E-state index is 0.201. The lowest BCUT2D eigenvalue weighted by Crippen LogP contribution is -2.43. The number of allylic oxidation sites excluding steroid dienone is 4. The fraction of sp³-hybridized carbons (Fsp3) is 0.158. The second-order valence-electron chi connectivity index (χ2n) is 6.02. The van der Waals surface area contributed by atoms with Crippen LogP contribution in [0.3, 0.4) is 0 Å². The molecule has 0 spiro atoms. The van der Waals surface area contributed by atoms with Crippen molar-refractivity contribution < 1.29 is 9.90 Å². The van der Waals surface area contributed by atoms with Crippen molar-refractivity contribution in [2.75, 3.05) is 19.5 Å². The molecule has 0 radical (unpaired) electrons. The van der Waals surface area contributed by atoms with Crippen molar-refractivity contribution in [1.82, 2.24) is 25.2 Å². The molecule has 0 amide bonds. The molecule has 10 heteroatoms. The quantitative estimate of drug-likeness (QED) is 0.115. The molecule has 152 valence electrons. The molecular formula is C19H24N8O2. The summed E-state index contributed by atoms with van der Waals surface area (Å²) in [6.07, 6.45) is 12.7. The van der Waals surface area contributed by atoms with E-state index in [1.165, 1.54) is 18.3 Å². The predicted molar refractivity (Wildman–Crippen MR) is 113 cm³/mol. The van der Waals surface area contributed by atoms with E-state index in [2.05, 4.69) is 21.0 Å². The van der Waals surface area contributed by atoms with Crippen LogP contribution in [0.5, 0.6) is 0 Å². The monoisotopic (exact) mass is 396 g/mol. The molecule has 6 N–H and O–H groups in total. The van der Waals surface area contributed by atoms with Gasteiger partial charge in [0.2, 0.25) is 0 Å².